The van der Waals surface area contributed by atoms with Crippen molar-refractivity contribution < 1.29 is 4.74 Å². The second-order valence-electron chi connectivity index (χ2n) is 7.45. The quantitative estimate of drug-likeness (QED) is 0.701. The second-order valence-corrected chi connectivity index (χ2v) is 8.53. The van der Waals surface area contributed by atoms with Gasteiger partial charge in [-0.3, -0.25) is 9.56 Å². The van der Waals surface area contributed by atoms with Crippen LogP contribution in [0.4, 0.5) is 0 Å². The molecule has 0 bridgehead atoms. The number of aryl methyl sites for hydroxylation is 1. The zero-order chi connectivity index (χ0) is 19.8. The molecule has 0 spiro atoms. The van der Waals surface area contributed by atoms with E-state index in [1.165, 1.54) is 21.0 Å². The first-order valence-corrected chi connectivity index (χ1v) is 11.1. The lowest BCUT2D eigenvalue weighted by Crippen LogP contribution is -2.23. The van der Waals surface area contributed by atoms with Crippen LogP contribution in [0.3, 0.4) is 0 Å². The summed E-state index contributed by atoms with van der Waals surface area (Å²) in [6.07, 6.45) is 4.20. The number of hydrogen-bond acceptors (Lipinski definition) is 6. The summed E-state index contributed by atoms with van der Waals surface area (Å²) in [5.74, 6) is 2.83. The summed E-state index contributed by atoms with van der Waals surface area (Å²) in [6.45, 7) is 4.64. The van der Waals surface area contributed by atoms with Gasteiger partial charge in [-0.15, -0.1) is 21.5 Å². The van der Waals surface area contributed by atoms with Crippen molar-refractivity contribution in [2.75, 3.05) is 13.7 Å². The summed E-state index contributed by atoms with van der Waals surface area (Å²) in [5, 5.41) is 13.8. The van der Waals surface area contributed by atoms with Crippen LogP contribution in [0.2, 0.25) is 0 Å². The van der Waals surface area contributed by atoms with Gasteiger partial charge in [0.05, 0.1) is 12.8 Å². The lowest BCUT2D eigenvalue weighted by molar-refractivity contribution is 0.414. The van der Waals surface area contributed by atoms with E-state index in [9.17, 15) is 0 Å². The van der Waals surface area contributed by atoms with Gasteiger partial charge in [0, 0.05) is 29.0 Å². The van der Waals surface area contributed by atoms with Crippen LogP contribution in [-0.4, -0.2) is 34.1 Å². The second kappa shape index (κ2) is 7.72. The number of rotatable bonds is 5. The summed E-state index contributed by atoms with van der Waals surface area (Å²) in [4.78, 5) is 6.45. The highest BCUT2D eigenvalue weighted by Crippen LogP contribution is 2.39. The van der Waals surface area contributed by atoms with Crippen LogP contribution in [0.15, 0.2) is 29.3 Å². The zero-order valence-electron chi connectivity index (χ0n) is 16.9. The molecule has 1 N–H and O–H groups in total. The molecule has 0 aliphatic carbocycles. The van der Waals surface area contributed by atoms with Crippen LogP contribution < -0.4 is 10.1 Å². The molecule has 2 aliphatic heterocycles. The Bertz CT molecular complexity index is 1080. The molecule has 0 unspecified atom stereocenters. The number of fused-ring (bicyclic) bond motifs is 5. The van der Waals surface area contributed by atoms with Gasteiger partial charge in [-0.25, -0.2) is 0 Å². The zero-order valence-corrected chi connectivity index (χ0v) is 17.7. The minimum Gasteiger partial charge on any atom is -0.496 e. The minimum absolute atomic E-state index is 0.529. The smallest absolute Gasteiger partial charge is 0.160 e. The lowest BCUT2D eigenvalue weighted by Gasteiger charge is -2.16. The molecule has 2 aromatic heterocycles. The molecule has 1 aromatic carbocycles. The number of thiophene rings is 1. The molecule has 0 saturated carbocycles. The lowest BCUT2D eigenvalue weighted by atomic mass is 9.95. The van der Waals surface area contributed by atoms with Crippen molar-refractivity contribution in [1.82, 2.24) is 20.1 Å². The molecule has 2 aliphatic rings. The maximum absolute atomic E-state index is 5.69. The van der Waals surface area contributed by atoms with Crippen molar-refractivity contribution in [3.05, 3.63) is 57.5 Å². The van der Waals surface area contributed by atoms with E-state index < -0.39 is 0 Å². The first kappa shape index (κ1) is 18.5. The Labute approximate surface area is 174 Å². The van der Waals surface area contributed by atoms with Crippen molar-refractivity contribution in [1.29, 1.82) is 0 Å². The number of nitrogens with one attached hydrogen (secondary N) is 1. The number of methoxy groups -OCH3 is 1. The van der Waals surface area contributed by atoms with Crippen LogP contribution >= 0.6 is 11.3 Å². The molecule has 0 saturated heterocycles. The Morgan fingerprint density at radius 3 is 3.00 bits per heavy atom. The van der Waals surface area contributed by atoms with Gasteiger partial charge in [0.25, 0.3) is 0 Å². The molecule has 7 heteroatoms. The van der Waals surface area contributed by atoms with Crippen LogP contribution in [0.1, 0.15) is 53.0 Å². The van der Waals surface area contributed by atoms with Crippen molar-refractivity contribution in [2.24, 2.45) is 4.99 Å². The standard InChI is InChI=1S/C22H25N5OS/c1-3-4-9-18-25-26-19-13-24-21(14-7-5-6-8-16(14)28-2)20-15-10-11-23-12-17(15)29-22(20)27(18)19/h5-8,23H,3-4,9-13H2,1-2H3. The van der Waals surface area contributed by atoms with E-state index in [-0.39, 0.29) is 0 Å². The third-order valence-electron chi connectivity index (χ3n) is 5.64. The minimum atomic E-state index is 0.529. The summed E-state index contributed by atoms with van der Waals surface area (Å²) >= 11 is 1.86. The fourth-order valence-corrected chi connectivity index (χ4v) is 5.56. The average Bonchev–Trinajstić information content (AvgIpc) is 3.30. The highest BCUT2D eigenvalue weighted by atomic mass is 32.1. The molecule has 5 rings (SSSR count). The Balaban J connectivity index is 1.74. The fourth-order valence-electron chi connectivity index (χ4n) is 4.20. The molecule has 3 aromatic rings. The Morgan fingerprint density at radius 1 is 1.24 bits per heavy atom. The number of para-hydroxylation sites is 1. The highest BCUT2D eigenvalue weighted by molar-refractivity contribution is 7.15. The Hall–Kier alpha value is -2.51. The van der Waals surface area contributed by atoms with Crippen molar-refractivity contribution >= 4 is 17.0 Å². The van der Waals surface area contributed by atoms with E-state index in [1.54, 1.807) is 7.11 Å². The number of nitrogens with zero attached hydrogens (tertiary/aromatic N) is 4. The van der Waals surface area contributed by atoms with Crippen LogP contribution in [0.25, 0.3) is 5.00 Å². The number of unbranched alkanes of at least 4 members (excludes halogenated alkanes) is 1. The normalized spacial score (nSPS) is 15.2. The maximum atomic E-state index is 5.69. The van der Waals surface area contributed by atoms with Gasteiger partial charge in [0.1, 0.15) is 23.1 Å². The van der Waals surface area contributed by atoms with Crippen LogP contribution in [0.5, 0.6) is 5.75 Å². The predicted molar refractivity (Wildman–Crippen MR) is 116 cm³/mol. The van der Waals surface area contributed by atoms with E-state index in [0.717, 1.165) is 67.4 Å². The molecule has 6 nitrogen and oxygen atoms in total. The third-order valence-corrected chi connectivity index (χ3v) is 6.86. The Kier molecular flexibility index (Phi) is 4.93. The van der Waals surface area contributed by atoms with Crippen LogP contribution in [0, 0.1) is 0 Å². The average molecular weight is 408 g/mol. The molecule has 29 heavy (non-hydrogen) atoms. The van der Waals surface area contributed by atoms with Gasteiger partial charge in [0.15, 0.2) is 5.82 Å². The van der Waals surface area contributed by atoms with Crippen molar-refractivity contribution in [2.45, 2.75) is 45.7 Å². The number of aliphatic imine (C=N–C) groups is 1. The van der Waals surface area contributed by atoms with E-state index in [0.29, 0.717) is 6.54 Å². The van der Waals surface area contributed by atoms with E-state index in [4.69, 9.17) is 9.73 Å². The predicted octanol–water partition coefficient (Wildman–Crippen LogP) is 3.68. The first-order chi connectivity index (χ1) is 14.3. The number of aromatic nitrogens is 3. The number of ether oxygens (including phenoxy) is 1. The van der Waals surface area contributed by atoms with Gasteiger partial charge < -0.3 is 10.1 Å². The largest absolute Gasteiger partial charge is 0.496 e. The molecular weight excluding hydrogens is 382 g/mol. The summed E-state index contributed by atoms with van der Waals surface area (Å²) < 4.78 is 7.96. The summed E-state index contributed by atoms with van der Waals surface area (Å²) in [7, 11) is 1.72. The number of benzene rings is 1. The summed E-state index contributed by atoms with van der Waals surface area (Å²) in [6, 6.07) is 8.18. The van der Waals surface area contributed by atoms with E-state index in [2.05, 4.69) is 39.1 Å². The monoisotopic (exact) mass is 407 g/mol. The van der Waals surface area contributed by atoms with Gasteiger partial charge in [-0.2, -0.15) is 0 Å². The van der Waals surface area contributed by atoms with Gasteiger partial charge in [-0.1, -0.05) is 25.5 Å². The molecule has 4 heterocycles. The summed E-state index contributed by atoms with van der Waals surface area (Å²) in [5.41, 5.74) is 4.72. The maximum Gasteiger partial charge on any atom is 0.160 e. The molecule has 0 radical (unpaired) electrons. The third kappa shape index (κ3) is 3.09. The number of hydrogen-bond donors (Lipinski definition) is 1. The molecule has 0 fully saturated rings. The molecular formula is C22H25N5OS. The van der Waals surface area contributed by atoms with Gasteiger partial charge in [0.2, 0.25) is 0 Å². The molecule has 0 atom stereocenters. The molecule has 0 amide bonds. The SMILES string of the molecule is CCCCc1nnc2n1-c1sc3c(c1C(c1ccccc1OC)=NC2)CCNC3. The highest BCUT2D eigenvalue weighted by Gasteiger charge is 2.31. The van der Waals surface area contributed by atoms with Crippen LogP contribution in [-0.2, 0) is 25.9 Å². The van der Waals surface area contributed by atoms with Crippen molar-refractivity contribution in [3.63, 3.8) is 0 Å². The van der Waals surface area contributed by atoms with E-state index >= 15 is 0 Å². The topological polar surface area (TPSA) is 64.3 Å². The fraction of sp³-hybridized carbons (Fsp3) is 0.409. The van der Waals surface area contributed by atoms with Gasteiger partial charge >= 0.3 is 0 Å². The van der Waals surface area contributed by atoms with E-state index in [1.807, 2.05) is 23.5 Å². The first-order valence-electron chi connectivity index (χ1n) is 10.3. The molecule has 150 valence electrons. The Morgan fingerprint density at radius 2 is 2.14 bits per heavy atom. The van der Waals surface area contributed by atoms with Gasteiger partial charge in [-0.05, 0) is 37.1 Å². The van der Waals surface area contributed by atoms with Crippen molar-refractivity contribution in [3.8, 4) is 10.8 Å².